The molecule has 28 heavy (non-hydrogen) atoms. The van der Waals surface area contributed by atoms with Crippen molar-refractivity contribution in [2.24, 2.45) is 0 Å². The van der Waals surface area contributed by atoms with Crippen molar-refractivity contribution in [2.45, 2.75) is 25.0 Å². The Morgan fingerprint density at radius 2 is 1.93 bits per heavy atom. The first-order valence-corrected chi connectivity index (χ1v) is 9.59. The predicted octanol–water partition coefficient (Wildman–Crippen LogP) is 2.22. The normalized spacial score (nSPS) is 19.8. The van der Waals surface area contributed by atoms with Gasteiger partial charge >= 0.3 is 0 Å². The predicted molar refractivity (Wildman–Crippen MR) is 107 cm³/mol. The van der Waals surface area contributed by atoms with Gasteiger partial charge in [-0.2, -0.15) is 0 Å². The van der Waals surface area contributed by atoms with E-state index in [1.165, 1.54) is 0 Å². The van der Waals surface area contributed by atoms with Crippen LogP contribution in [0.2, 0.25) is 0 Å². The molecule has 0 saturated carbocycles. The molecule has 1 heterocycles. The van der Waals surface area contributed by atoms with Gasteiger partial charge in [0.25, 0.3) is 0 Å². The van der Waals surface area contributed by atoms with Gasteiger partial charge in [-0.15, -0.1) is 0 Å². The Morgan fingerprint density at radius 3 is 2.71 bits per heavy atom. The molecule has 0 unspecified atom stereocenters. The topological polar surface area (TPSA) is 71.0 Å². The number of hydrogen-bond acceptors (Lipinski definition) is 5. The van der Waals surface area contributed by atoms with Gasteiger partial charge in [0, 0.05) is 18.7 Å². The first-order chi connectivity index (χ1) is 13.6. The molecule has 2 aromatic carbocycles. The maximum atomic E-state index is 12.4. The summed E-state index contributed by atoms with van der Waals surface area (Å²) in [5, 5.41) is 13.8. The smallest absolute Gasteiger partial charge is 0.234 e. The van der Waals surface area contributed by atoms with Gasteiger partial charge in [-0.3, -0.25) is 9.69 Å². The number of nitrogens with one attached hydrogen (secondary N) is 1. The number of aliphatic hydroxyl groups is 1. The van der Waals surface area contributed by atoms with Crippen molar-refractivity contribution in [3.05, 3.63) is 60.2 Å². The van der Waals surface area contributed by atoms with Gasteiger partial charge in [-0.05, 0) is 37.6 Å². The van der Waals surface area contributed by atoms with Gasteiger partial charge in [0.05, 0.1) is 13.7 Å². The summed E-state index contributed by atoms with van der Waals surface area (Å²) in [5.74, 6) is 1.43. The monoisotopic (exact) mass is 384 g/mol. The fourth-order valence-corrected chi connectivity index (χ4v) is 3.50. The van der Waals surface area contributed by atoms with Gasteiger partial charge in [-0.1, -0.05) is 36.4 Å². The molecule has 0 bridgehead atoms. The lowest BCUT2D eigenvalue weighted by Gasteiger charge is -2.38. The van der Waals surface area contributed by atoms with Crippen molar-refractivity contribution in [1.29, 1.82) is 0 Å². The summed E-state index contributed by atoms with van der Waals surface area (Å²) in [5.41, 5.74) is -0.0124. The van der Waals surface area contributed by atoms with E-state index in [1.807, 2.05) is 59.5 Å². The molecule has 1 aliphatic rings. The number of likely N-dealkylation sites (tertiary alicyclic amines) is 1. The van der Waals surface area contributed by atoms with E-state index < -0.39 is 5.60 Å². The fourth-order valence-electron chi connectivity index (χ4n) is 3.50. The Kier molecular flexibility index (Phi) is 6.90. The van der Waals surface area contributed by atoms with E-state index in [-0.39, 0.29) is 19.1 Å². The molecular weight excluding hydrogens is 356 g/mol. The molecule has 150 valence electrons. The Morgan fingerprint density at radius 1 is 1.18 bits per heavy atom. The molecule has 1 atom stereocenters. The Labute approximate surface area is 166 Å². The van der Waals surface area contributed by atoms with Crippen LogP contribution in [0.4, 0.5) is 0 Å². The van der Waals surface area contributed by atoms with Crippen LogP contribution in [-0.2, 0) is 11.3 Å². The van der Waals surface area contributed by atoms with Crippen molar-refractivity contribution in [3.8, 4) is 11.5 Å². The van der Waals surface area contributed by atoms with Crippen molar-refractivity contribution in [3.63, 3.8) is 0 Å². The van der Waals surface area contributed by atoms with Gasteiger partial charge in [0.15, 0.2) is 0 Å². The van der Waals surface area contributed by atoms with Crippen LogP contribution in [0.3, 0.4) is 0 Å². The highest BCUT2D eigenvalue weighted by atomic mass is 16.5. The van der Waals surface area contributed by atoms with Crippen molar-refractivity contribution in [2.75, 3.05) is 33.4 Å². The van der Waals surface area contributed by atoms with Crippen molar-refractivity contribution >= 4 is 5.91 Å². The number of amides is 1. The number of hydrogen-bond donors (Lipinski definition) is 2. The summed E-state index contributed by atoms with van der Waals surface area (Å²) in [4.78, 5) is 14.3. The zero-order valence-electron chi connectivity index (χ0n) is 16.3. The fraction of sp³-hybridized carbons (Fsp3) is 0.409. The lowest BCUT2D eigenvalue weighted by Crippen LogP contribution is -2.53. The van der Waals surface area contributed by atoms with Gasteiger partial charge < -0.3 is 19.9 Å². The molecule has 3 rings (SSSR count). The van der Waals surface area contributed by atoms with E-state index in [0.717, 1.165) is 30.0 Å². The Balaban J connectivity index is 1.47. The van der Waals surface area contributed by atoms with E-state index >= 15 is 0 Å². The molecular formula is C22H28N2O4. The van der Waals surface area contributed by atoms with E-state index in [0.29, 0.717) is 19.5 Å². The maximum absolute atomic E-state index is 12.4. The standard InChI is InChI=1S/C22H28N2O4/c1-27-20-11-6-5-8-18(20)14-23-21(25)15-24-13-7-12-22(26,16-24)17-28-19-9-3-2-4-10-19/h2-6,8-11,26H,7,12-17H2,1H3,(H,23,25)/t22-/m1/s1. The molecule has 1 aliphatic heterocycles. The molecule has 6 nitrogen and oxygen atoms in total. The summed E-state index contributed by atoms with van der Waals surface area (Å²) < 4.78 is 11.1. The molecule has 2 N–H and O–H groups in total. The number of ether oxygens (including phenoxy) is 2. The highest BCUT2D eigenvalue weighted by Gasteiger charge is 2.34. The minimum Gasteiger partial charge on any atom is -0.496 e. The summed E-state index contributed by atoms with van der Waals surface area (Å²) >= 11 is 0. The van der Waals surface area contributed by atoms with E-state index in [4.69, 9.17) is 9.47 Å². The molecule has 2 aromatic rings. The molecule has 0 spiro atoms. The third-order valence-electron chi connectivity index (χ3n) is 4.92. The van der Waals surface area contributed by atoms with Gasteiger partial charge in [-0.25, -0.2) is 0 Å². The SMILES string of the molecule is COc1ccccc1CNC(=O)CN1CCC[C@](O)(COc2ccccc2)C1. The maximum Gasteiger partial charge on any atom is 0.234 e. The molecule has 0 aromatic heterocycles. The third kappa shape index (κ3) is 5.71. The van der Waals surface area contributed by atoms with Crippen molar-refractivity contribution < 1.29 is 19.4 Å². The van der Waals surface area contributed by atoms with E-state index in [9.17, 15) is 9.90 Å². The number of methoxy groups -OCH3 is 1. The zero-order chi connectivity index (χ0) is 19.8. The summed E-state index contributed by atoms with van der Waals surface area (Å²) in [6, 6.07) is 17.1. The number of piperidine rings is 1. The van der Waals surface area contributed by atoms with Crippen LogP contribution in [0.25, 0.3) is 0 Å². The number of carbonyl (C=O) groups is 1. The second kappa shape index (κ2) is 9.57. The van der Waals surface area contributed by atoms with Crippen LogP contribution in [-0.4, -0.2) is 54.9 Å². The number of β-amino-alcohol motifs (C(OH)–C–C–N with tert-alkyl or cyclic N) is 1. The van der Waals surface area contributed by atoms with Gasteiger partial charge in [0.1, 0.15) is 23.7 Å². The molecule has 0 radical (unpaired) electrons. The number of benzene rings is 2. The lowest BCUT2D eigenvalue weighted by molar-refractivity contribution is -0.124. The van der Waals surface area contributed by atoms with E-state index in [2.05, 4.69) is 5.32 Å². The number of carbonyl (C=O) groups excluding carboxylic acids is 1. The highest BCUT2D eigenvalue weighted by Crippen LogP contribution is 2.23. The minimum absolute atomic E-state index is 0.0702. The number of para-hydroxylation sites is 2. The second-order valence-electron chi connectivity index (χ2n) is 7.23. The number of nitrogens with zero attached hydrogens (tertiary/aromatic N) is 1. The Bertz CT molecular complexity index is 768. The summed E-state index contributed by atoms with van der Waals surface area (Å²) in [6.07, 6.45) is 1.49. The summed E-state index contributed by atoms with van der Waals surface area (Å²) in [6.45, 7) is 2.09. The average molecular weight is 384 g/mol. The van der Waals surface area contributed by atoms with Crippen molar-refractivity contribution in [1.82, 2.24) is 10.2 Å². The highest BCUT2D eigenvalue weighted by molar-refractivity contribution is 5.78. The van der Waals surface area contributed by atoms with Crippen LogP contribution in [0, 0.1) is 0 Å². The quantitative estimate of drug-likeness (QED) is 0.730. The molecule has 1 amide bonds. The first kappa shape index (κ1) is 20.2. The van der Waals surface area contributed by atoms with Gasteiger partial charge in [0.2, 0.25) is 5.91 Å². The third-order valence-corrected chi connectivity index (χ3v) is 4.92. The molecule has 1 fully saturated rings. The molecule has 0 aliphatic carbocycles. The lowest BCUT2D eigenvalue weighted by atomic mass is 9.93. The van der Waals surface area contributed by atoms with Crippen LogP contribution < -0.4 is 14.8 Å². The number of rotatable bonds is 8. The largest absolute Gasteiger partial charge is 0.496 e. The van der Waals surface area contributed by atoms with Crippen LogP contribution in [0.5, 0.6) is 11.5 Å². The zero-order valence-corrected chi connectivity index (χ0v) is 16.3. The summed E-state index contributed by atoms with van der Waals surface area (Å²) in [7, 11) is 1.62. The molecule has 6 heteroatoms. The average Bonchev–Trinajstić information content (AvgIpc) is 2.72. The minimum atomic E-state index is -0.947. The molecule has 1 saturated heterocycles. The van der Waals surface area contributed by atoms with Crippen LogP contribution >= 0.6 is 0 Å². The van der Waals surface area contributed by atoms with E-state index in [1.54, 1.807) is 7.11 Å². The van der Waals surface area contributed by atoms with Crippen LogP contribution in [0.1, 0.15) is 18.4 Å². The Hall–Kier alpha value is -2.57. The first-order valence-electron chi connectivity index (χ1n) is 9.59. The van der Waals surface area contributed by atoms with Crippen LogP contribution in [0.15, 0.2) is 54.6 Å². The second-order valence-corrected chi connectivity index (χ2v) is 7.23.